The number of halogens is 1. The second kappa shape index (κ2) is 9.46. The van der Waals surface area contributed by atoms with Gasteiger partial charge in [0.05, 0.1) is 4.90 Å². The Kier molecular flexibility index (Phi) is 8.32. The van der Waals surface area contributed by atoms with Crippen LogP contribution in [0.25, 0.3) is 0 Å². The summed E-state index contributed by atoms with van der Waals surface area (Å²) in [5.41, 5.74) is 6.97. The summed E-state index contributed by atoms with van der Waals surface area (Å²) in [6, 6.07) is 7.40. The third kappa shape index (κ3) is 7.07. The van der Waals surface area contributed by atoms with Crippen LogP contribution in [0.3, 0.4) is 0 Å². The van der Waals surface area contributed by atoms with Crippen LogP contribution in [-0.4, -0.2) is 33.2 Å². The number of hydrogen-bond acceptors (Lipinski definition) is 3. The maximum absolute atomic E-state index is 11.4. The SMILES string of the molecule is CS(=O)(=O)c1ccc(CCN=C(N)NC2CCCCC2)cc1.I. The lowest BCUT2D eigenvalue weighted by atomic mass is 9.96. The first kappa shape index (κ1) is 20.2. The molecular formula is C16H26IN3O2S. The molecule has 130 valence electrons. The normalized spacial score (nSPS) is 16.7. The predicted molar refractivity (Wildman–Crippen MR) is 105 cm³/mol. The van der Waals surface area contributed by atoms with E-state index in [1.165, 1.54) is 38.4 Å². The molecule has 1 aliphatic carbocycles. The zero-order valence-corrected chi connectivity index (χ0v) is 16.6. The van der Waals surface area contributed by atoms with E-state index in [1.54, 1.807) is 12.1 Å². The topological polar surface area (TPSA) is 84.5 Å². The molecule has 1 aromatic rings. The summed E-state index contributed by atoms with van der Waals surface area (Å²) < 4.78 is 22.8. The lowest BCUT2D eigenvalue weighted by molar-refractivity contribution is 0.412. The van der Waals surface area contributed by atoms with Gasteiger partial charge in [-0.3, -0.25) is 4.99 Å². The average Bonchev–Trinajstić information content (AvgIpc) is 2.48. The van der Waals surface area contributed by atoms with E-state index in [9.17, 15) is 8.42 Å². The van der Waals surface area contributed by atoms with Gasteiger partial charge in [0, 0.05) is 18.8 Å². The van der Waals surface area contributed by atoms with Gasteiger partial charge >= 0.3 is 0 Å². The van der Waals surface area contributed by atoms with Crippen LogP contribution < -0.4 is 11.1 Å². The molecule has 2 rings (SSSR count). The number of rotatable bonds is 5. The van der Waals surface area contributed by atoms with E-state index in [0.717, 1.165) is 12.0 Å². The molecule has 5 nitrogen and oxygen atoms in total. The van der Waals surface area contributed by atoms with Gasteiger partial charge in [0.1, 0.15) is 0 Å². The fourth-order valence-electron chi connectivity index (χ4n) is 2.71. The molecule has 0 saturated heterocycles. The molecule has 0 spiro atoms. The van der Waals surface area contributed by atoms with E-state index >= 15 is 0 Å². The molecule has 1 saturated carbocycles. The minimum atomic E-state index is -3.13. The number of guanidine groups is 1. The molecule has 7 heteroatoms. The smallest absolute Gasteiger partial charge is 0.188 e. The van der Waals surface area contributed by atoms with Crippen molar-refractivity contribution in [2.24, 2.45) is 10.7 Å². The van der Waals surface area contributed by atoms with Gasteiger partial charge in [-0.05, 0) is 37.0 Å². The molecule has 0 radical (unpaired) electrons. The van der Waals surface area contributed by atoms with E-state index in [0.29, 0.717) is 23.4 Å². The first-order valence-corrected chi connectivity index (χ1v) is 9.70. The Hall–Kier alpha value is -0.830. The monoisotopic (exact) mass is 451 g/mol. The highest BCUT2D eigenvalue weighted by molar-refractivity contribution is 14.0. The van der Waals surface area contributed by atoms with Crippen molar-refractivity contribution in [3.05, 3.63) is 29.8 Å². The maximum Gasteiger partial charge on any atom is 0.188 e. The van der Waals surface area contributed by atoms with E-state index in [2.05, 4.69) is 10.3 Å². The van der Waals surface area contributed by atoms with Crippen LogP contribution in [0.2, 0.25) is 0 Å². The van der Waals surface area contributed by atoms with E-state index in [1.807, 2.05) is 12.1 Å². The van der Waals surface area contributed by atoms with Crippen molar-refractivity contribution in [3.63, 3.8) is 0 Å². The summed E-state index contributed by atoms with van der Waals surface area (Å²) in [7, 11) is -3.13. The van der Waals surface area contributed by atoms with E-state index in [-0.39, 0.29) is 24.0 Å². The third-order valence-electron chi connectivity index (χ3n) is 3.99. The molecule has 0 unspecified atom stereocenters. The molecule has 1 fully saturated rings. The molecule has 0 heterocycles. The molecule has 0 atom stereocenters. The molecule has 0 aromatic heterocycles. The quantitative estimate of drug-likeness (QED) is 0.409. The fourth-order valence-corrected chi connectivity index (χ4v) is 3.34. The minimum Gasteiger partial charge on any atom is -0.370 e. The summed E-state index contributed by atoms with van der Waals surface area (Å²) in [6.07, 6.45) is 8.14. The Morgan fingerprint density at radius 1 is 1.22 bits per heavy atom. The van der Waals surface area contributed by atoms with Crippen LogP contribution in [0.4, 0.5) is 0 Å². The summed E-state index contributed by atoms with van der Waals surface area (Å²) in [5, 5.41) is 3.28. The van der Waals surface area contributed by atoms with Crippen molar-refractivity contribution >= 4 is 39.8 Å². The van der Waals surface area contributed by atoms with Gasteiger partial charge in [-0.25, -0.2) is 8.42 Å². The molecule has 0 bridgehead atoms. The Morgan fingerprint density at radius 3 is 2.39 bits per heavy atom. The fraction of sp³-hybridized carbons (Fsp3) is 0.562. The summed E-state index contributed by atoms with van der Waals surface area (Å²) >= 11 is 0. The summed E-state index contributed by atoms with van der Waals surface area (Å²) in [4.78, 5) is 4.70. The first-order chi connectivity index (χ1) is 10.4. The predicted octanol–water partition coefficient (Wildman–Crippen LogP) is 2.49. The van der Waals surface area contributed by atoms with Gasteiger partial charge in [-0.15, -0.1) is 24.0 Å². The number of nitrogens with zero attached hydrogens (tertiary/aromatic N) is 1. The number of nitrogens with two attached hydrogens (primary N) is 1. The number of nitrogens with one attached hydrogen (secondary N) is 1. The standard InChI is InChI=1S/C16H25N3O2S.HI/c1-22(20,21)15-9-7-13(8-10-15)11-12-18-16(17)19-14-5-3-2-4-6-14;/h7-10,14H,2-6,11-12H2,1H3,(H3,17,18,19);1H. The largest absolute Gasteiger partial charge is 0.370 e. The van der Waals surface area contributed by atoms with Crippen molar-refractivity contribution < 1.29 is 8.42 Å². The second-order valence-corrected chi connectivity index (χ2v) is 7.93. The highest BCUT2D eigenvalue weighted by Gasteiger charge is 2.13. The third-order valence-corrected chi connectivity index (χ3v) is 5.12. The highest BCUT2D eigenvalue weighted by Crippen LogP contribution is 2.17. The van der Waals surface area contributed by atoms with Crippen molar-refractivity contribution in [1.29, 1.82) is 0 Å². The van der Waals surface area contributed by atoms with Gasteiger partial charge in [-0.1, -0.05) is 31.4 Å². The molecule has 3 N–H and O–H groups in total. The maximum atomic E-state index is 11.4. The lowest BCUT2D eigenvalue weighted by Gasteiger charge is -2.23. The number of sulfone groups is 1. The van der Waals surface area contributed by atoms with Crippen molar-refractivity contribution in [1.82, 2.24) is 5.32 Å². The molecular weight excluding hydrogens is 425 g/mol. The zero-order valence-electron chi connectivity index (χ0n) is 13.5. The summed E-state index contributed by atoms with van der Waals surface area (Å²) in [5.74, 6) is 0.514. The van der Waals surface area contributed by atoms with Gasteiger partial charge in [-0.2, -0.15) is 0 Å². The van der Waals surface area contributed by atoms with Gasteiger partial charge in [0.15, 0.2) is 15.8 Å². The number of aliphatic imine (C=N–C) groups is 1. The van der Waals surface area contributed by atoms with Gasteiger partial charge in [0.25, 0.3) is 0 Å². The van der Waals surface area contributed by atoms with Crippen molar-refractivity contribution in [2.75, 3.05) is 12.8 Å². The molecule has 23 heavy (non-hydrogen) atoms. The first-order valence-electron chi connectivity index (χ1n) is 7.80. The van der Waals surface area contributed by atoms with Crippen LogP contribution >= 0.6 is 24.0 Å². The molecule has 1 aliphatic rings. The number of hydrogen-bond donors (Lipinski definition) is 2. The molecule has 0 amide bonds. The Balaban J connectivity index is 0.00000264. The Bertz CT molecular complexity index is 609. The summed E-state index contributed by atoms with van der Waals surface area (Å²) in [6.45, 7) is 0.601. The van der Waals surface area contributed by atoms with Crippen LogP contribution in [0.1, 0.15) is 37.7 Å². The van der Waals surface area contributed by atoms with E-state index < -0.39 is 9.84 Å². The Morgan fingerprint density at radius 2 is 1.83 bits per heavy atom. The van der Waals surface area contributed by atoms with E-state index in [4.69, 9.17) is 5.73 Å². The van der Waals surface area contributed by atoms with Gasteiger partial charge < -0.3 is 11.1 Å². The molecule has 0 aliphatic heterocycles. The molecule has 1 aromatic carbocycles. The second-order valence-electron chi connectivity index (χ2n) is 5.91. The zero-order chi connectivity index (χ0) is 16.0. The highest BCUT2D eigenvalue weighted by atomic mass is 127. The van der Waals surface area contributed by atoms with Crippen LogP contribution in [0, 0.1) is 0 Å². The number of benzene rings is 1. The van der Waals surface area contributed by atoms with Gasteiger partial charge in [0.2, 0.25) is 0 Å². The lowest BCUT2D eigenvalue weighted by Crippen LogP contribution is -2.41. The Labute approximate surface area is 156 Å². The van der Waals surface area contributed by atoms with Crippen LogP contribution in [-0.2, 0) is 16.3 Å². The van der Waals surface area contributed by atoms with Crippen LogP contribution in [0.5, 0.6) is 0 Å². The van der Waals surface area contributed by atoms with Crippen LogP contribution in [0.15, 0.2) is 34.2 Å². The average molecular weight is 451 g/mol. The minimum absolute atomic E-state index is 0. The van der Waals surface area contributed by atoms with Crippen molar-refractivity contribution in [2.45, 2.75) is 49.5 Å². The van der Waals surface area contributed by atoms with Crippen molar-refractivity contribution in [3.8, 4) is 0 Å².